The van der Waals surface area contributed by atoms with Crippen molar-refractivity contribution in [3.05, 3.63) is 18.2 Å². The van der Waals surface area contributed by atoms with Gasteiger partial charge >= 0.3 is 6.09 Å². The fourth-order valence-corrected chi connectivity index (χ4v) is 2.11. The number of methoxy groups -OCH3 is 1. The lowest BCUT2D eigenvalue weighted by Gasteiger charge is -2.19. The molecule has 0 saturated carbocycles. The largest absolute Gasteiger partial charge is 0.493 e. The van der Waals surface area contributed by atoms with Gasteiger partial charge in [0.2, 0.25) is 0 Å². The van der Waals surface area contributed by atoms with Crippen LogP contribution < -0.4 is 25.4 Å². The second-order valence-corrected chi connectivity index (χ2v) is 6.61. The average Bonchev–Trinajstić information content (AvgIpc) is 2.58. The summed E-state index contributed by atoms with van der Waals surface area (Å²) in [5.74, 6) is 1.94. The number of ether oxygens (including phenoxy) is 3. The molecule has 1 rings (SSSR count). The van der Waals surface area contributed by atoms with E-state index in [1.165, 1.54) is 0 Å². The van der Waals surface area contributed by atoms with E-state index in [0.717, 1.165) is 5.69 Å². The van der Waals surface area contributed by atoms with Crippen molar-refractivity contribution >= 4 is 41.7 Å². The van der Waals surface area contributed by atoms with Gasteiger partial charge in [0.15, 0.2) is 17.5 Å². The highest BCUT2D eigenvalue weighted by molar-refractivity contribution is 14.0. The predicted molar refractivity (Wildman–Crippen MR) is 123 cm³/mol. The number of nitrogens with zero attached hydrogens (tertiary/aromatic N) is 1. The zero-order valence-electron chi connectivity index (χ0n) is 17.5. The number of carbonyl (C=O) groups excluding carboxylic acids is 1. The summed E-state index contributed by atoms with van der Waals surface area (Å²) in [6.45, 7) is 11.4. The number of nitrogens with one attached hydrogen (secondary N) is 3. The molecule has 0 atom stereocenters. The van der Waals surface area contributed by atoms with Crippen LogP contribution in [-0.2, 0) is 4.74 Å². The summed E-state index contributed by atoms with van der Waals surface area (Å²) in [6, 6.07) is 5.57. The first-order chi connectivity index (χ1) is 12.8. The second kappa shape index (κ2) is 13.3. The van der Waals surface area contributed by atoms with Crippen molar-refractivity contribution in [1.82, 2.24) is 10.6 Å². The summed E-state index contributed by atoms with van der Waals surface area (Å²) >= 11 is 0. The SMILES string of the molecule is CCNC(=NCCNC(=O)OC(C)(C)C)Nc1ccc(OC)c(OCC)c1.I. The lowest BCUT2D eigenvalue weighted by atomic mass is 10.2. The summed E-state index contributed by atoms with van der Waals surface area (Å²) in [4.78, 5) is 16.1. The molecule has 0 aromatic heterocycles. The Kier molecular flexibility index (Phi) is 12.4. The van der Waals surface area contributed by atoms with E-state index in [0.29, 0.717) is 43.7 Å². The third-order valence-corrected chi connectivity index (χ3v) is 3.12. The van der Waals surface area contributed by atoms with Gasteiger partial charge in [-0.05, 0) is 46.8 Å². The number of hydrogen-bond acceptors (Lipinski definition) is 5. The molecule has 0 saturated heterocycles. The molecular weight excluding hydrogens is 475 g/mol. The number of benzene rings is 1. The highest BCUT2D eigenvalue weighted by atomic mass is 127. The van der Waals surface area contributed by atoms with E-state index in [1.807, 2.05) is 52.8 Å². The minimum Gasteiger partial charge on any atom is -0.493 e. The Morgan fingerprint density at radius 1 is 1.14 bits per heavy atom. The van der Waals surface area contributed by atoms with Crippen LogP contribution in [0.2, 0.25) is 0 Å². The maximum atomic E-state index is 11.6. The minimum absolute atomic E-state index is 0. The molecule has 0 aliphatic heterocycles. The van der Waals surface area contributed by atoms with Gasteiger partial charge in [-0.25, -0.2) is 4.79 Å². The Balaban J connectivity index is 0.00000729. The van der Waals surface area contributed by atoms with Gasteiger partial charge in [-0.15, -0.1) is 24.0 Å². The van der Waals surface area contributed by atoms with Crippen molar-refractivity contribution in [3.63, 3.8) is 0 Å². The zero-order chi connectivity index (χ0) is 20.3. The highest BCUT2D eigenvalue weighted by Crippen LogP contribution is 2.30. The molecule has 1 amide bonds. The standard InChI is InChI=1S/C19H32N4O4.HI/c1-7-20-17(21-11-12-22-18(24)27-19(3,4)5)23-14-9-10-15(25-6)16(13-14)26-8-2;/h9-10,13H,7-8,11-12H2,1-6H3,(H,22,24)(H2,20,21,23);1H. The molecule has 28 heavy (non-hydrogen) atoms. The summed E-state index contributed by atoms with van der Waals surface area (Å²) in [6.07, 6.45) is -0.452. The van der Waals surface area contributed by atoms with Crippen LogP contribution in [-0.4, -0.2) is 51.0 Å². The van der Waals surface area contributed by atoms with E-state index in [9.17, 15) is 4.79 Å². The van der Waals surface area contributed by atoms with Crippen LogP contribution in [0, 0.1) is 0 Å². The molecule has 0 unspecified atom stereocenters. The Morgan fingerprint density at radius 3 is 2.43 bits per heavy atom. The van der Waals surface area contributed by atoms with Gasteiger partial charge < -0.3 is 30.2 Å². The van der Waals surface area contributed by atoms with Crippen LogP contribution >= 0.6 is 24.0 Å². The Bertz CT molecular complexity index is 633. The third-order valence-electron chi connectivity index (χ3n) is 3.12. The molecule has 3 N–H and O–H groups in total. The van der Waals surface area contributed by atoms with Crippen LogP contribution in [0.5, 0.6) is 11.5 Å². The average molecular weight is 508 g/mol. The van der Waals surface area contributed by atoms with E-state index < -0.39 is 11.7 Å². The van der Waals surface area contributed by atoms with Crippen molar-refractivity contribution in [2.24, 2.45) is 4.99 Å². The molecule has 0 heterocycles. The molecule has 0 bridgehead atoms. The summed E-state index contributed by atoms with van der Waals surface area (Å²) in [7, 11) is 1.61. The van der Waals surface area contributed by atoms with Crippen LogP contribution in [0.1, 0.15) is 34.6 Å². The van der Waals surface area contributed by atoms with Gasteiger partial charge in [0, 0.05) is 24.8 Å². The molecule has 9 heteroatoms. The first-order valence-electron chi connectivity index (χ1n) is 9.12. The molecule has 1 aromatic rings. The monoisotopic (exact) mass is 508 g/mol. The first kappa shape index (κ1) is 26.1. The maximum Gasteiger partial charge on any atom is 0.407 e. The van der Waals surface area contributed by atoms with Crippen molar-refractivity contribution < 1.29 is 19.0 Å². The number of guanidine groups is 1. The normalized spacial score (nSPS) is 11.1. The van der Waals surface area contributed by atoms with Gasteiger partial charge in [-0.1, -0.05) is 0 Å². The van der Waals surface area contributed by atoms with Crippen LogP contribution in [0.3, 0.4) is 0 Å². The van der Waals surface area contributed by atoms with E-state index in [1.54, 1.807) is 7.11 Å². The number of hydrogen-bond donors (Lipinski definition) is 3. The lowest BCUT2D eigenvalue weighted by Crippen LogP contribution is -2.35. The predicted octanol–water partition coefficient (Wildman–Crippen LogP) is 3.61. The number of rotatable bonds is 8. The number of amides is 1. The van der Waals surface area contributed by atoms with Gasteiger partial charge in [-0.2, -0.15) is 0 Å². The molecule has 0 aliphatic carbocycles. The van der Waals surface area contributed by atoms with E-state index in [-0.39, 0.29) is 24.0 Å². The van der Waals surface area contributed by atoms with Crippen molar-refractivity contribution in [1.29, 1.82) is 0 Å². The topological polar surface area (TPSA) is 93.2 Å². The number of alkyl carbamates (subject to hydrolysis) is 1. The van der Waals surface area contributed by atoms with Crippen molar-refractivity contribution in [2.75, 3.05) is 38.7 Å². The van der Waals surface area contributed by atoms with Crippen LogP contribution in [0.25, 0.3) is 0 Å². The van der Waals surface area contributed by atoms with E-state index in [2.05, 4.69) is 20.9 Å². The van der Waals surface area contributed by atoms with Crippen LogP contribution in [0.4, 0.5) is 10.5 Å². The maximum absolute atomic E-state index is 11.6. The lowest BCUT2D eigenvalue weighted by molar-refractivity contribution is 0.0529. The molecule has 0 fully saturated rings. The molecule has 0 aliphatic rings. The Hall–Kier alpha value is -1.91. The van der Waals surface area contributed by atoms with Crippen molar-refractivity contribution in [3.8, 4) is 11.5 Å². The van der Waals surface area contributed by atoms with Gasteiger partial charge in [-0.3, -0.25) is 4.99 Å². The van der Waals surface area contributed by atoms with Gasteiger partial charge in [0.05, 0.1) is 20.3 Å². The number of halogens is 1. The fraction of sp³-hybridized carbons (Fsp3) is 0.579. The highest BCUT2D eigenvalue weighted by Gasteiger charge is 2.15. The van der Waals surface area contributed by atoms with Gasteiger partial charge in [0.25, 0.3) is 0 Å². The molecule has 1 aromatic carbocycles. The minimum atomic E-state index is -0.517. The Morgan fingerprint density at radius 2 is 1.86 bits per heavy atom. The van der Waals surface area contributed by atoms with E-state index >= 15 is 0 Å². The molecule has 0 spiro atoms. The number of carbonyl (C=O) groups is 1. The Labute approximate surface area is 184 Å². The summed E-state index contributed by atoms with van der Waals surface area (Å²) < 4.78 is 16.1. The first-order valence-corrected chi connectivity index (χ1v) is 9.12. The van der Waals surface area contributed by atoms with Crippen LogP contribution in [0.15, 0.2) is 23.2 Å². The summed E-state index contributed by atoms with van der Waals surface area (Å²) in [5.41, 5.74) is 0.301. The van der Waals surface area contributed by atoms with Crippen molar-refractivity contribution in [2.45, 2.75) is 40.2 Å². The molecule has 160 valence electrons. The fourth-order valence-electron chi connectivity index (χ4n) is 2.11. The quantitative estimate of drug-likeness (QED) is 0.215. The zero-order valence-corrected chi connectivity index (χ0v) is 19.9. The van der Waals surface area contributed by atoms with E-state index in [4.69, 9.17) is 14.2 Å². The molecule has 8 nitrogen and oxygen atoms in total. The summed E-state index contributed by atoms with van der Waals surface area (Å²) in [5, 5.41) is 9.06. The number of aliphatic imine (C=N–C) groups is 1. The molecular formula is C19H33IN4O4. The third kappa shape index (κ3) is 10.4. The molecule has 0 radical (unpaired) electrons. The smallest absolute Gasteiger partial charge is 0.407 e. The number of anilines is 1. The van der Waals surface area contributed by atoms with Gasteiger partial charge in [0.1, 0.15) is 5.60 Å². The second-order valence-electron chi connectivity index (χ2n) is 6.61.